The van der Waals surface area contributed by atoms with Gasteiger partial charge in [0.15, 0.2) is 0 Å². The molecule has 0 radical (unpaired) electrons. The summed E-state index contributed by atoms with van der Waals surface area (Å²) in [5.41, 5.74) is 2.80. The Hall–Kier alpha value is -0.860. The third-order valence-corrected chi connectivity index (χ3v) is 3.73. The first-order chi connectivity index (χ1) is 8.79. The van der Waals surface area contributed by atoms with Gasteiger partial charge in [-0.05, 0) is 44.2 Å². The van der Waals surface area contributed by atoms with Crippen molar-refractivity contribution in [2.45, 2.75) is 45.1 Å². The molecule has 2 heteroatoms. The van der Waals surface area contributed by atoms with Crippen LogP contribution in [-0.4, -0.2) is 25.8 Å². The van der Waals surface area contributed by atoms with E-state index in [-0.39, 0.29) is 0 Å². The van der Waals surface area contributed by atoms with Crippen molar-refractivity contribution in [3.8, 4) is 0 Å². The van der Waals surface area contributed by atoms with Crippen LogP contribution in [0.15, 0.2) is 24.3 Å². The van der Waals surface area contributed by atoms with Crippen molar-refractivity contribution in [2.24, 2.45) is 0 Å². The topological polar surface area (TPSA) is 21.3 Å². The maximum atomic E-state index is 5.79. The van der Waals surface area contributed by atoms with Crippen molar-refractivity contribution in [3.05, 3.63) is 35.4 Å². The van der Waals surface area contributed by atoms with Crippen LogP contribution in [0.1, 0.15) is 43.2 Å². The zero-order valence-corrected chi connectivity index (χ0v) is 11.6. The summed E-state index contributed by atoms with van der Waals surface area (Å²) in [6.07, 6.45) is 4.08. The molecule has 2 rings (SSSR count). The van der Waals surface area contributed by atoms with Crippen LogP contribution in [0.25, 0.3) is 0 Å². The Bertz CT molecular complexity index is 358. The van der Waals surface area contributed by atoms with Crippen LogP contribution in [0.5, 0.6) is 0 Å². The van der Waals surface area contributed by atoms with E-state index in [2.05, 4.69) is 43.4 Å². The fourth-order valence-corrected chi connectivity index (χ4v) is 2.73. The van der Waals surface area contributed by atoms with Gasteiger partial charge in [0.25, 0.3) is 0 Å². The highest BCUT2D eigenvalue weighted by molar-refractivity contribution is 5.26. The first kappa shape index (κ1) is 13.6. The fourth-order valence-electron chi connectivity index (χ4n) is 2.73. The minimum absolute atomic E-state index is 0.467. The average molecular weight is 247 g/mol. The summed E-state index contributed by atoms with van der Waals surface area (Å²) >= 11 is 0. The van der Waals surface area contributed by atoms with Crippen LogP contribution >= 0.6 is 0 Å². The van der Waals surface area contributed by atoms with Gasteiger partial charge in [-0.1, -0.05) is 36.8 Å². The zero-order valence-electron chi connectivity index (χ0n) is 11.6. The molecule has 0 saturated carbocycles. The van der Waals surface area contributed by atoms with E-state index in [4.69, 9.17) is 4.74 Å². The van der Waals surface area contributed by atoms with Gasteiger partial charge in [0.1, 0.15) is 0 Å². The van der Waals surface area contributed by atoms with Crippen LogP contribution in [-0.2, 0) is 4.74 Å². The molecular weight excluding hydrogens is 222 g/mol. The molecule has 0 bridgehead atoms. The second kappa shape index (κ2) is 6.91. The lowest BCUT2D eigenvalue weighted by Gasteiger charge is -2.21. The third kappa shape index (κ3) is 3.82. The molecule has 1 N–H and O–H groups in total. The predicted molar refractivity (Wildman–Crippen MR) is 76.1 cm³/mol. The number of likely N-dealkylation sites (N-methyl/N-ethyl adjacent to an activating group) is 1. The Labute approximate surface area is 111 Å². The molecule has 1 aromatic carbocycles. The molecular formula is C16H25NO. The van der Waals surface area contributed by atoms with Gasteiger partial charge in [-0.15, -0.1) is 0 Å². The van der Waals surface area contributed by atoms with E-state index < -0.39 is 0 Å². The predicted octanol–water partition coefficient (Wildman–Crippen LogP) is 3.26. The Balaban J connectivity index is 2.03. The second-order valence-corrected chi connectivity index (χ2v) is 5.29. The van der Waals surface area contributed by atoms with Crippen molar-refractivity contribution in [2.75, 3.05) is 19.7 Å². The summed E-state index contributed by atoms with van der Waals surface area (Å²) in [6, 6.07) is 8.90. The maximum Gasteiger partial charge on any atom is 0.0582 e. The second-order valence-electron chi connectivity index (χ2n) is 5.29. The van der Waals surface area contributed by atoms with Crippen molar-refractivity contribution in [3.63, 3.8) is 0 Å². The monoisotopic (exact) mass is 247 g/mol. The van der Waals surface area contributed by atoms with E-state index in [1.807, 2.05) is 0 Å². The van der Waals surface area contributed by atoms with Crippen molar-refractivity contribution in [1.29, 1.82) is 0 Å². The SMILES string of the molecule is CCNCC(CC1CCCO1)c1cccc(C)c1. The summed E-state index contributed by atoms with van der Waals surface area (Å²) < 4.78 is 5.79. The van der Waals surface area contributed by atoms with Gasteiger partial charge in [0.2, 0.25) is 0 Å². The summed E-state index contributed by atoms with van der Waals surface area (Å²) in [7, 11) is 0. The van der Waals surface area contributed by atoms with Crippen molar-refractivity contribution < 1.29 is 4.74 Å². The van der Waals surface area contributed by atoms with E-state index >= 15 is 0 Å². The molecule has 0 aliphatic carbocycles. The minimum Gasteiger partial charge on any atom is -0.378 e. The normalized spacial score (nSPS) is 21.1. The fraction of sp³-hybridized carbons (Fsp3) is 0.625. The maximum absolute atomic E-state index is 5.79. The van der Waals surface area contributed by atoms with Crippen LogP contribution < -0.4 is 5.32 Å². The van der Waals surface area contributed by atoms with E-state index in [1.54, 1.807) is 0 Å². The summed E-state index contributed by atoms with van der Waals surface area (Å²) in [6.45, 7) is 7.37. The third-order valence-electron chi connectivity index (χ3n) is 3.73. The van der Waals surface area contributed by atoms with Crippen LogP contribution in [0.4, 0.5) is 0 Å². The van der Waals surface area contributed by atoms with Gasteiger partial charge in [0, 0.05) is 13.2 Å². The molecule has 0 spiro atoms. The number of rotatable bonds is 6. The molecule has 0 aromatic heterocycles. The highest BCUT2D eigenvalue weighted by atomic mass is 16.5. The van der Waals surface area contributed by atoms with Crippen molar-refractivity contribution in [1.82, 2.24) is 5.32 Å². The zero-order chi connectivity index (χ0) is 12.8. The lowest BCUT2D eigenvalue weighted by molar-refractivity contribution is 0.0977. The smallest absolute Gasteiger partial charge is 0.0582 e. The first-order valence-electron chi connectivity index (χ1n) is 7.18. The Kier molecular flexibility index (Phi) is 5.21. The highest BCUT2D eigenvalue weighted by Gasteiger charge is 2.21. The Morgan fingerprint density at radius 3 is 3.00 bits per heavy atom. The molecule has 0 amide bonds. The molecule has 1 heterocycles. The van der Waals surface area contributed by atoms with Gasteiger partial charge in [-0.2, -0.15) is 0 Å². The summed E-state index contributed by atoms with van der Waals surface area (Å²) in [4.78, 5) is 0. The average Bonchev–Trinajstić information content (AvgIpc) is 2.87. The first-order valence-corrected chi connectivity index (χ1v) is 7.18. The van der Waals surface area contributed by atoms with E-state index in [0.29, 0.717) is 12.0 Å². The number of ether oxygens (including phenoxy) is 1. The number of benzene rings is 1. The van der Waals surface area contributed by atoms with Gasteiger partial charge < -0.3 is 10.1 Å². The minimum atomic E-state index is 0.467. The molecule has 1 saturated heterocycles. The highest BCUT2D eigenvalue weighted by Crippen LogP contribution is 2.27. The largest absolute Gasteiger partial charge is 0.378 e. The molecule has 1 aromatic rings. The quantitative estimate of drug-likeness (QED) is 0.833. The molecule has 100 valence electrons. The van der Waals surface area contributed by atoms with Gasteiger partial charge in [0.05, 0.1) is 6.10 Å². The number of hydrogen-bond donors (Lipinski definition) is 1. The van der Waals surface area contributed by atoms with Crippen LogP contribution in [0, 0.1) is 6.92 Å². The molecule has 1 aliphatic rings. The molecule has 1 fully saturated rings. The van der Waals surface area contributed by atoms with Gasteiger partial charge >= 0.3 is 0 Å². The Morgan fingerprint density at radius 2 is 2.33 bits per heavy atom. The van der Waals surface area contributed by atoms with E-state index in [9.17, 15) is 0 Å². The summed E-state index contributed by atoms with van der Waals surface area (Å²) in [5, 5.41) is 3.48. The number of aryl methyl sites for hydroxylation is 1. The number of hydrogen-bond acceptors (Lipinski definition) is 2. The lowest BCUT2D eigenvalue weighted by Crippen LogP contribution is -2.24. The standard InChI is InChI=1S/C16H25NO/c1-3-17-12-15(11-16-8-5-9-18-16)14-7-4-6-13(2)10-14/h4,6-7,10,15-17H,3,5,8-9,11-12H2,1-2H3. The van der Waals surface area contributed by atoms with Crippen LogP contribution in [0.3, 0.4) is 0 Å². The summed E-state index contributed by atoms with van der Waals surface area (Å²) in [5.74, 6) is 0.577. The molecule has 1 aliphatic heterocycles. The van der Waals surface area contributed by atoms with E-state index in [0.717, 1.165) is 26.1 Å². The Morgan fingerprint density at radius 1 is 1.44 bits per heavy atom. The molecule has 2 unspecified atom stereocenters. The van der Waals surface area contributed by atoms with E-state index in [1.165, 1.54) is 24.0 Å². The van der Waals surface area contributed by atoms with Crippen LogP contribution in [0.2, 0.25) is 0 Å². The lowest BCUT2D eigenvalue weighted by atomic mass is 9.91. The van der Waals surface area contributed by atoms with Crippen molar-refractivity contribution >= 4 is 0 Å². The number of nitrogens with one attached hydrogen (secondary N) is 1. The molecule has 2 atom stereocenters. The van der Waals surface area contributed by atoms with Gasteiger partial charge in [-0.25, -0.2) is 0 Å². The van der Waals surface area contributed by atoms with Gasteiger partial charge in [-0.3, -0.25) is 0 Å². The molecule has 2 nitrogen and oxygen atoms in total. The molecule has 18 heavy (non-hydrogen) atoms.